The fourth-order valence-corrected chi connectivity index (χ4v) is 2.78. The molecule has 0 aromatic heterocycles. The second kappa shape index (κ2) is 8.18. The van der Waals surface area contributed by atoms with Gasteiger partial charge in [-0.25, -0.2) is 0 Å². The number of hydrogen-bond donors (Lipinski definition) is 2. The molecule has 1 rings (SSSR count). The predicted molar refractivity (Wildman–Crippen MR) is 87.0 cm³/mol. The van der Waals surface area contributed by atoms with E-state index in [0.29, 0.717) is 18.8 Å². The molecular formula is C18H29NO2. The first kappa shape index (κ1) is 17.7. The normalized spacial score (nSPS) is 14.5. The summed E-state index contributed by atoms with van der Waals surface area (Å²) in [6.45, 7) is 8.64. The number of aliphatic hydroxyl groups is 1. The Bertz CT molecular complexity index is 423. The lowest BCUT2D eigenvalue weighted by molar-refractivity contribution is -0.123. The number of rotatable bonds is 7. The van der Waals surface area contributed by atoms with Gasteiger partial charge in [0.05, 0.1) is 12.6 Å². The summed E-state index contributed by atoms with van der Waals surface area (Å²) in [5.41, 5.74) is 1.36. The summed E-state index contributed by atoms with van der Waals surface area (Å²) in [7, 11) is 0. The van der Waals surface area contributed by atoms with Crippen molar-refractivity contribution >= 4 is 5.91 Å². The SMILES string of the molecule is CC(CC(=O)NC(CO)Cc1ccccc1)CC(C)(C)C. The van der Waals surface area contributed by atoms with Gasteiger partial charge in [-0.2, -0.15) is 0 Å². The third-order valence-electron chi connectivity index (χ3n) is 3.41. The van der Waals surface area contributed by atoms with E-state index < -0.39 is 0 Å². The lowest BCUT2D eigenvalue weighted by Crippen LogP contribution is -2.39. The summed E-state index contributed by atoms with van der Waals surface area (Å²) < 4.78 is 0. The van der Waals surface area contributed by atoms with E-state index in [4.69, 9.17) is 0 Å². The first-order chi connectivity index (χ1) is 9.80. The molecule has 1 amide bonds. The number of amides is 1. The minimum absolute atomic E-state index is 0.0294. The van der Waals surface area contributed by atoms with E-state index in [2.05, 4.69) is 33.0 Å². The number of carbonyl (C=O) groups excluding carboxylic acids is 1. The molecule has 0 fully saturated rings. The molecule has 3 heteroatoms. The molecule has 2 atom stereocenters. The molecule has 2 N–H and O–H groups in total. The van der Waals surface area contributed by atoms with E-state index in [1.807, 2.05) is 30.3 Å². The highest BCUT2D eigenvalue weighted by molar-refractivity contribution is 5.76. The molecule has 0 radical (unpaired) electrons. The Morgan fingerprint density at radius 1 is 1.24 bits per heavy atom. The number of aliphatic hydroxyl groups excluding tert-OH is 1. The van der Waals surface area contributed by atoms with Crippen molar-refractivity contribution < 1.29 is 9.90 Å². The fourth-order valence-electron chi connectivity index (χ4n) is 2.78. The standard InChI is InChI=1S/C18H29NO2/c1-14(12-18(2,3)4)10-17(21)19-16(13-20)11-15-8-6-5-7-9-15/h5-9,14,16,20H,10-13H2,1-4H3,(H,19,21). The largest absolute Gasteiger partial charge is 0.394 e. The van der Waals surface area contributed by atoms with Crippen LogP contribution in [0.3, 0.4) is 0 Å². The van der Waals surface area contributed by atoms with Gasteiger partial charge < -0.3 is 10.4 Å². The second-order valence-corrected chi connectivity index (χ2v) is 7.21. The summed E-state index contributed by atoms with van der Waals surface area (Å²) >= 11 is 0. The molecule has 21 heavy (non-hydrogen) atoms. The zero-order valence-corrected chi connectivity index (χ0v) is 13.7. The number of hydrogen-bond acceptors (Lipinski definition) is 2. The minimum Gasteiger partial charge on any atom is -0.394 e. The van der Waals surface area contributed by atoms with Gasteiger partial charge >= 0.3 is 0 Å². The molecular weight excluding hydrogens is 262 g/mol. The quantitative estimate of drug-likeness (QED) is 0.810. The van der Waals surface area contributed by atoms with Crippen LogP contribution in [0.15, 0.2) is 30.3 Å². The summed E-state index contributed by atoms with van der Waals surface area (Å²) in [5.74, 6) is 0.378. The highest BCUT2D eigenvalue weighted by Gasteiger charge is 2.19. The summed E-state index contributed by atoms with van der Waals surface area (Å²) in [5, 5.41) is 12.4. The lowest BCUT2D eigenvalue weighted by atomic mass is 9.84. The Morgan fingerprint density at radius 3 is 2.38 bits per heavy atom. The fraction of sp³-hybridized carbons (Fsp3) is 0.611. The van der Waals surface area contributed by atoms with E-state index in [0.717, 1.165) is 12.0 Å². The second-order valence-electron chi connectivity index (χ2n) is 7.21. The molecule has 1 aromatic rings. The maximum absolute atomic E-state index is 12.1. The Kier molecular flexibility index (Phi) is 6.90. The number of benzene rings is 1. The number of carbonyl (C=O) groups is 1. The third kappa shape index (κ3) is 7.86. The van der Waals surface area contributed by atoms with Crippen LogP contribution in [0.25, 0.3) is 0 Å². The summed E-state index contributed by atoms with van der Waals surface area (Å²) in [6, 6.07) is 9.72. The van der Waals surface area contributed by atoms with Gasteiger partial charge in [0.25, 0.3) is 0 Å². The van der Waals surface area contributed by atoms with Gasteiger partial charge in [-0.1, -0.05) is 58.0 Å². The molecule has 0 saturated carbocycles. The highest BCUT2D eigenvalue weighted by atomic mass is 16.3. The van der Waals surface area contributed by atoms with E-state index in [-0.39, 0.29) is 24.0 Å². The van der Waals surface area contributed by atoms with E-state index in [1.54, 1.807) is 0 Å². The van der Waals surface area contributed by atoms with Crippen LogP contribution in [0, 0.1) is 11.3 Å². The van der Waals surface area contributed by atoms with E-state index in [9.17, 15) is 9.90 Å². The molecule has 0 spiro atoms. The van der Waals surface area contributed by atoms with Gasteiger partial charge in [0, 0.05) is 6.42 Å². The summed E-state index contributed by atoms with van der Waals surface area (Å²) in [6.07, 6.45) is 2.20. The molecule has 0 aliphatic rings. The molecule has 2 unspecified atom stereocenters. The Labute approximate surface area is 128 Å². The van der Waals surface area contributed by atoms with Crippen molar-refractivity contribution in [2.75, 3.05) is 6.61 Å². The van der Waals surface area contributed by atoms with Crippen molar-refractivity contribution in [1.82, 2.24) is 5.32 Å². The predicted octanol–water partition coefficient (Wildman–Crippen LogP) is 3.17. The van der Waals surface area contributed by atoms with E-state index in [1.165, 1.54) is 0 Å². The highest BCUT2D eigenvalue weighted by Crippen LogP contribution is 2.25. The van der Waals surface area contributed by atoms with Crippen molar-refractivity contribution in [2.45, 2.75) is 53.0 Å². The van der Waals surface area contributed by atoms with Gasteiger partial charge in [-0.3, -0.25) is 4.79 Å². The molecule has 3 nitrogen and oxygen atoms in total. The zero-order chi connectivity index (χ0) is 15.9. The van der Waals surface area contributed by atoms with Gasteiger partial charge in [-0.05, 0) is 29.7 Å². The van der Waals surface area contributed by atoms with Crippen molar-refractivity contribution in [2.24, 2.45) is 11.3 Å². The molecule has 118 valence electrons. The van der Waals surface area contributed by atoms with Crippen LogP contribution in [0.4, 0.5) is 0 Å². The van der Waals surface area contributed by atoms with Crippen molar-refractivity contribution in [3.05, 3.63) is 35.9 Å². The van der Waals surface area contributed by atoms with Crippen LogP contribution in [0.1, 0.15) is 46.1 Å². The smallest absolute Gasteiger partial charge is 0.220 e. The minimum atomic E-state index is -0.207. The van der Waals surface area contributed by atoms with Crippen LogP contribution in [-0.4, -0.2) is 23.7 Å². The molecule has 0 aliphatic carbocycles. The van der Waals surface area contributed by atoms with Crippen LogP contribution in [0.5, 0.6) is 0 Å². The van der Waals surface area contributed by atoms with Gasteiger partial charge in [0.15, 0.2) is 0 Å². The molecule has 1 aromatic carbocycles. The first-order valence-electron chi connectivity index (χ1n) is 7.74. The van der Waals surface area contributed by atoms with Crippen LogP contribution in [0.2, 0.25) is 0 Å². The van der Waals surface area contributed by atoms with Crippen LogP contribution >= 0.6 is 0 Å². The maximum Gasteiger partial charge on any atom is 0.220 e. The van der Waals surface area contributed by atoms with Crippen molar-refractivity contribution in [3.8, 4) is 0 Å². The zero-order valence-electron chi connectivity index (χ0n) is 13.7. The third-order valence-corrected chi connectivity index (χ3v) is 3.41. The Morgan fingerprint density at radius 2 is 1.86 bits per heavy atom. The average molecular weight is 291 g/mol. The molecule has 0 aliphatic heterocycles. The van der Waals surface area contributed by atoms with Crippen LogP contribution < -0.4 is 5.32 Å². The van der Waals surface area contributed by atoms with Crippen LogP contribution in [-0.2, 0) is 11.2 Å². The summed E-state index contributed by atoms with van der Waals surface area (Å²) in [4.78, 5) is 12.1. The van der Waals surface area contributed by atoms with Gasteiger partial charge in [0.2, 0.25) is 5.91 Å². The van der Waals surface area contributed by atoms with Gasteiger partial charge in [0.1, 0.15) is 0 Å². The maximum atomic E-state index is 12.1. The monoisotopic (exact) mass is 291 g/mol. The molecule has 0 bridgehead atoms. The molecule has 0 saturated heterocycles. The number of nitrogens with one attached hydrogen (secondary N) is 1. The van der Waals surface area contributed by atoms with E-state index >= 15 is 0 Å². The average Bonchev–Trinajstić information content (AvgIpc) is 2.36. The van der Waals surface area contributed by atoms with Crippen molar-refractivity contribution in [3.63, 3.8) is 0 Å². The van der Waals surface area contributed by atoms with Crippen molar-refractivity contribution in [1.29, 1.82) is 0 Å². The molecule has 0 heterocycles. The first-order valence-corrected chi connectivity index (χ1v) is 7.74. The Balaban J connectivity index is 2.44. The Hall–Kier alpha value is -1.35. The lowest BCUT2D eigenvalue weighted by Gasteiger charge is -2.24. The van der Waals surface area contributed by atoms with Gasteiger partial charge in [-0.15, -0.1) is 0 Å². The topological polar surface area (TPSA) is 49.3 Å².